The molecule has 108 valence electrons. The fraction of sp³-hybridized carbons (Fsp3) is 0.235. The summed E-state index contributed by atoms with van der Waals surface area (Å²) in [5.74, 6) is 0.884. The molecule has 0 spiro atoms. The smallest absolute Gasteiger partial charge is 0.143 e. The Bertz CT molecular complexity index is 645. The summed E-state index contributed by atoms with van der Waals surface area (Å²) in [5, 5.41) is 22.0. The van der Waals surface area contributed by atoms with Gasteiger partial charge in [-0.3, -0.25) is 0 Å². The third-order valence-corrected chi connectivity index (χ3v) is 3.39. The summed E-state index contributed by atoms with van der Waals surface area (Å²) in [4.78, 5) is 0. The van der Waals surface area contributed by atoms with Crippen molar-refractivity contribution in [2.24, 2.45) is 0 Å². The highest BCUT2D eigenvalue weighted by Crippen LogP contribution is 2.32. The number of phenols is 1. The molecule has 2 aromatic rings. The second-order valence-corrected chi connectivity index (χ2v) is 4.69. The highest BCUT2D eigenvalue weighted by atomic mass is 16.5. The maximum atomic E-state index is 9.38. The monoisotopic (exact) mass is 282 g/mol. The molecule has 21 heavy (non-hydrogen) atoms. The van der Waals surface area contributed by atoms with E-state index in [0.717, 1.165) is 12.0 Å². The number of nitriles is 1. The van der Waals surface area contributed by atoms with Crippen LogP contribution in [0.5, 0.6) is 11.5 Å². The number of anilines is 1. The number of benzene rings is 2. The molecule has 2 aromatic carbocycles. The predicted molar refractivity (Wildman–Crippen MR) is 82.5 cm³/mol. The normalized spacial score (nSPS) is 11.5. The van der Waals surface area contributed by atoms with Crippen molar-refractivity contribution >= 4 is 5.69 Å². The van der Waals surface area contributed by atoms with Crippen LogP contribution in [0.3, 0.4) is 0 Å². The minimum absolute atomic E-state index is 0.0361. The van der Waals surface area contributed by atoms with Crippen LogP contribution in [0.25, 0.3) is 0 Å². The van der Waals surface area contributed by atoms with Crippen LogP contribution in [0.15, 0.2) is 42.5 Å². The van der Waals surface area contributed by atoms with E-state index >= 15 is 0 Å². The second kappa shape index (κ2) is 6.67. The van der Waals surface area contributed by atoms with Gasteiger partial charge in [0, 0.05) is 0 Å². The number of rotatable bonds is 5. The Morgan fingerprint density at radius 3 is 2.52 bits per heavy atom. The van der Waals surface area contributed by atoms with E-state index in [-0.39, 0.29) is 11.8 Å². The third kappa shape index (κ3) is 3.26. The SMILES string of the molecule is CCC(Nc1c(C#N)cccc1OC)c1ccc(O)cc1. The van der Waals surface area contributed by atoms with E-state index in [2.05, 4.69) is 18.3 Å². The summed E-state index contributed by atoms with van der Waals surface area (Å²) >= 11 is 0. The van der Waals surface area contributed by atoms with Crippen molar-refractivity contribution in [3.63, 3.8) is 0 Å². The summed E-state index contributed by atoms with van der Waals surface area (Å²) in [6.45, 7) is 2.06. The first-order valence-electron chi connectivity index (χ1n) is 6.82. The van der Waals surface area contributed by atoms with E-state index in [4.69, 9.17) is 4.74 Å². The van der Waals surface area contributed by atoms with E-state index in [0.29, 0.717) is 17.0 Å². The molecule has 4 nitrogen and oxygen atoms in total. The summed E-state index contributed by atoms with van der Waals surface area (Å²) in [6, 6.07) is 14.7. The lowest BCUT2D eigenvalue weighted by atomic mass is 10.0. The minimum atomic E-state index is 0.0361. The van der Waals surface area contributed by atoms with Gasteiger partial charge >= 0.3 is 0 Å². The standard InChI is InChI=1S/C17H18N2O2/c1-3-15(12-7-9-14(20)10-8-12)19-17-13(11-18)5-4-6-16(17)21-2/h4-10,15,19-20H,3H2,1-2H3. The molecule has 0 saturated carbocycles. The van der Waals surface area contributed by atoms with E-state index in [9.17, 15) is 10.4 Å². The van der Waals surface area contributed by atoms with Crippen LogP contribution in [0.4, 0.5) is 5.69 Å². The molecule has 0 aliphatic heterocycles. The molecular weight excluding hydrogens is 264 g/mol. The van der Waals surface area contributed by atoms with Crippen LogP contribution >= 0.6 is 0 Å². The van der Waals surface area contributed by atoms with Crippen molar-refractivity contribution in [1.82, 2.24) is 0 Å². The minimum Gasteiger partial charge on any atom is -0.508 e. The molecule has 0 fully saturated rings. The largest absolute Gasteiger partial charge is 0.508 e. The molecular formula is C17H18N2O2. The highest BCUT2D eigenvalue weighted by Gasteiger charge is 2.15. The number of ether oxygens (including phenoxy) is 1. The third-order valence-electron chi connectivity index (χ3n) is 3.39. The van der Waals surface area contributed by atoms with Crippen LogP contribution in [0.2, 0.25) is 0 Å². The molecule has 2 N–H and O–H groups in total. The fourth-order valence-corrected chi connectivity index (χ4v) is 2.25. The number of hydrogen-bond donors (Lipinski definition) is 2. The average molecular weight is 282 g/mol. The molecule has 0 aromatic heterocycles. The van der Waals surface area contributed by atoms with Crippen LogP contribution in [0, 0.1) is 11.3 Å². The molecule has 2 rings (SSSR count). The Morgan fingerprint density at radius 2 is 1.95 bits per heavy atom. The van der Waals surface area contributed by atoms with Gasteiger partial charge < -0.3 is 15.2 Å². The van der Waals surface area contributed by atoms with Gasteiger partial charge in [-0.1, -0.05) is 25.1 Å². The zero-order chi connectivity index (χ0) is 15.2. The van der Waals surface area contributed by atoms with Crippen molar-refractivity contribution in [2.75, 3.05) is 12.4 Å². The molecule has 1 atom stereocenters. The molecule has 0 aliphatic rings. The number of methoxy groups -OCH3 is 1. The predicted octanol–water partition coefficient (Wildman–Crippen LogP) is 3.84. The molecule has 0 bridgehead atoms. The summed E-state index contributed by atoms with van der Waals surface area (Å²) < 4.78 is 5.33. The van der Waals surface area contributed by atoms with E-state index in [1.165, 1.54) is 0 Å². The van der Waals surface area contributed by atoms with Crippen molar-refractivity contribution in [3.8, 4) is 17.6 Å². The molecule has 4 heteroatoms. The topological polar surface area (TPSA) is 65.3 Å². The number of nitrogens with one attached hydrogen (secondary N) is 1. The van der Waals surface area contributed by atoms with Gasteiger partial charge in [0.2, 0.25) is 0 Å². The van der Waals surface area contributed by atoms with Crippen LogP contribution in [-0.4, -0.2) is 12.2 Å². The summed E-state index contributed by atoms with van der Waals surface area (Å²) in [6.07, 6.45) is 0.841. The Hall–Kier alpha value is -2.67. The Labute approximate surface area is 124 Å². The van der Waals surface area contributed by atoms with Gasteiger partial charge in [0.15, 0.2) is 0 Å². The van der Waals surface area contributed by atoms with E-state index < -0.39 is 0 Å². The zero-order valence-electron chi connectivity index (χ0n) is 12.1. The number of hydrogen-bond acceptors (Lipinski definition) is 4. The molecule has 0 heterocycles. The van der Waals surface area contributed by atoms with E-state index in [1.807, 2.05) is 18.2 Å². The van der Waals surface area contributed by atoms with E-state index in [1.54, 1.807) is 31.4 Å². The fourth-order valence-electron chi connectivity index (χ4n) is 2.25. The lowest BCUT2D eigenvalue weighted by Gasteiger charge is -2.21. The van der Waals surface area contributed by atoms with Crippen LogP contribution in [0.1, 0.15) is 30.5 Å². The first-order valence-corrected chi connectivity index (χ1v) is 6.82. The van der Waals surface area contributed by atoms with Gasteiger partial charge in [-0.25, -0.2) is 0 Å². The Balaban J connectivity index is 2.35. The number of phenolic OH excluding ortho intramolecular Hbond substituents is 1. The number of nitrogens with zero attached hydrogens (tertiary/aromatic N) is 1. The quantitative estimate of drug-likeness (QED) is 0.874. The van der Waals surface area contributed by atoms with Gasteiger partial charge in [0.1, 0.15) is 17.6 Å². The van der Waals surface area contributed by atoms with Gasteiger partial charge in [0.05, 0.1) is 24.4 Å². The van der Waals surface area contributed by atoms with Gasteiger partial charge in [-0.05, 0) is 36.2 Å². The van der Waals surface area contributed by atoms with Crippen molar-refractivity contribution < 1.29 is 9.84 Å². The zero-order valence-corrected chi connectivity index (χ0v) is 12.1. The van der Waals surface area contributed by atoms with Crippen LogP contribution in [-0.2, 0) is 0 Å². The lowest BCUT2D eigenvalue weighted by Crippen LogP contribution is -2.11. The summed E-state index contributed by atoms with van der Waals surface area (Å²) in [7, 11) is 1.59. The lowest BCUT2D eigenvalue weighted by molar-refractivity contribution is 0.415. The first-order chi connectivity index (χ1) is 10.2. The molecule has 0 amide bonds. The Morgan fingerprint density at radius 1 is 1.24 bits per heavy atom. The number of aromatic hydroxyl groups is 1. The molecule has 0 saturated heterocycles. The number of para-hydroxylation sites is 1. The van der Waals surface area contributed by atoms with Crippen LogP contribution < -0.4 is 10.1 Å². The van der Waals surface area contributed by atoms with Gasteiger partial charge in [-0.2, -0.15) is 5.26 Å². The first kappa shape index (κ1) is 14.7. The maximum Gasteiger partial charge on any atom is 0.143 e. The molecule has 0 radical (unpaired) electrons. The Kier molecular flexibility index (Phi) is 4.68. The van der Waals surface area contributed by atoms with Crippen molar-refractivity contribution in [1.29, 1.82) is 5.26 Å². The maximum absolute atomic E-state index is 9.38. The molecule has 1 unspecified atom stereocenters. The van der Waals surface area contributed by atoms with Gasteiger partial charge in [0.25, 0.3) is 0 Å². The summed E-state index contributed by atoms with van der Waals surface area (Å²) in [5.41, 5.74) is 2.29. The van der Waals surface area contributed by atoms with Gasteiger partial charge in [-0.15, -0.1) is 0 Å². The molecule has 0 aliphatic carbocycles. The highest BCUT2D eigenvalue weighted by molar-refractivity contribution is 5.67. The second-order valence-electron chi connectivity index (χ2n) is 4.69. The van der Waals surface area contributed by atoms with Crippen molar-refractivity contribution in [3.05, 3.63) is 53.6 Å². The average Bonchev–Trinajstić information content (AvgIpc) is 2.53. The van der Waals surface area contributed by atoms with Crippen molar-refractivity contribution in [2.45, 2.75) is 19.4 Å².